The fourth-order valence-electron chi connectivity index (χ4n) is 2.49. The number of nitrogens with zero attached hydrogens (tertiary/aromatic N) is 2. The maximum atomic E-state index is 12.6. The van der Waals surface area contributed by atoms with Gasteiger partial charge >= 0.3 is 5.97 Å². The molecule has 0 spiro atoms. The Hall–Kier alpha value is -2.49. The number of hydrogen-bond donors (Lipinski definition) is 2. The van der Waals surface area contributed by atoms with Gasteiger partial charge in [0.2, 0.25) is 0 Å². The number of methoxy groups -OCH3 is 1. The summed E-state index contributed by atoms with van der Waals surface area (Å²) in [5.41, 5.74) is -1.26. The number of aliphatic carboxylic acids is 1. The number of thioether (sulfide) groups is 1. The highest BCUT2D eigenvalue weighted by Gasteiger charge is 2.34. The number of aromatic nitrogens is 2. The van der Waals surface area contributed by atoms with Crippen molar-refractivity contribution in [2.45, 2.75) is 24.5 Å². The van der Waals surface area contributed by atoms with Crippen molar-refractivity contribution in [1.29, 1.82) is 0 Å². The molecule has 1 aromatic carbocycles. The number of rotatable bonds is 7. The molecule has 2 N–H and O–H groups in total. The second-order valence-electron chi connectivity index (χ2n) is 6.21. The third-order valence-electron chi connectivity index (χ3n) is 4.10. The van der Waals surface area contributed by atoms with E-state index in [-0.39, 0.29) is 16.4 Å². The smallest absolute Gasteiger partial charge is 0.340 e. The number of benzene rings is 1. The van der Waals surface area contributed by atoms with Crippen molar-refractivity contribution in [3.8, 4) is 5.75 Å². The number of ketones is 1. The summed E-state index contributed by atoms with van der Waals surface area (Å²) in [4.78, 5) is 33.2. The van der Waals surface area contributed by atoms with Crippen molar-refractivity contribution in [3.05, 3.63) is 45.9 Å². The standard InChI is InChI=1S/C19H18N2O5S2/c1-10-20-13-5-4-11(26-3)8-12(13)17(21-10)27-9-14(22)15-6-7-16(28-15)19(2,25)18(23)24/h4-8,25H,9H2,1-3H3,(H,23,24)/t19-/m1/s1. The van der Waals surface area contributed by atoms with Gasteiger partial charge in [0, 0.05) is 10.3 Å². The summed E-state index contributed by atoms with van der Waals surface area (Å²) in [6, 6.07) is 8.48. The van der Waals surface area contributed by atoms with Crippen LogP contribution in [0.2, 0.25) is 0 Å². The second kappa shape index (κ2) is 7.86. The van der Waals surface area contributed by atoms with Crippen molar-refractivity contribution in [3.63, 3.8) is 0 Å². The van der Waals surface area contributed by atoms with E-state index in [2.05, 4.69) is 9.97 Å². The van der Waals surface area contributed by atoms with Crippen LogP contribution in [0.3, 0.4) is 0 Å². The van der Waals surface area contributed by atoms with E-state index in [0.717, 1.165) is 22.2 Å². The van der Waals surface area contributed by atoms with Crippen LogP contribution < -0.4 is 4.74 Å². The molecule has 7 nitrogen and oxygen atoms in total. The Kier molecular flexibility index (Phi) is 5.69. The van der Waals surface area contributed by atoms with Crippen LogP contribution in [-0.4, -0.2) is 44.8 Å². The third kappa shape index (κ3) is 4.01. The first-order valence-corrected chi connectivity index (χ1v) is 10.1. The minimum atomic E-state index is -2.02. The summed E-state index contributed by atoms with van der Waals surface area (Å²) >= 11 is 2.26. The number of carbonyl (C=O) groups excluding carboxylic acids is 1. The average Bonchev–Trinajstić information content (AvgIpc) is 3.16. The van der Waals surface area contributed by atoms with Crippen molar-refractivity contribution in [2.24, 2.45) is 0 Å². The van der Waals surface area contributed by atoms with E-state index in [1.807, 2.05) is 18.2 Å². The molecule has 0 radical (unpaired) electrons. The van der Waals surface area contributed by atoms with Crippen LogP contribution in [0.15, 0.2) is 35.4 Å². The van der Waals surface area contributed by atoms with Crippen LogP contribution in [0, 0.1) is 6.92 Å². The van der Waals surface area contributed by atoms with Crippen LogP contribution in [0.1, 0.15) is 27.3 Å². The number of hydrogen-bond acceptors (Lipinski definition) is 8. The molecule has 0 bridgehead atoms. The lowest BCUT2D eigenvalue weighted by Gasteiger charge is -2.15. The number of aryl methyl sites for hydroxylation is 1. The number of Topliss-reactive ketones (excluding diaryl/α,β-unsaturated/α-hetero) is 1. The third-order valence-corrected chi connectivity index (χ3v) is 6.43. The zero-order valence-electron chi connectivity index (χ0n) is 15.4. The van der Waals surface area contributed by atoms with Crippen molar-refractivity contribution in [2.75, 3.05) is 12.9 Å². The fraction of sp³-hybridized carbons (Fsp3) is 0.263. The molecule has 0 fully saturated rings. The van der Waals surface area contributed by atoms with Gasteiger partial charge in [-0.15, -0.1) is 11.3 Å². The van der Waals surface area contributed by atoms with Gasteiger partial charge in [0.1, 0.15) is 16.6 Å². The van der Waals surface area contributed by atoms with Crippen LogP contribution in [-0.2, 0) is 10.4 Å². The van der Waals surface area contributed by atoms with E-state index in [9.17, 15) is 14.7 Å². The molecule has 1 atom stereocenters. The van der Waals surface area contributed by atoms with Gasteiger partial charge in [-0.3, -0.25) is 4.79 Å². The predicted molar refractivity (Wildman–Crippen MR) is 107 cm³/mol. The molecule has 3 rings (SSSR count). The van der Waals surface area contributed by atoms with E-state index < -0.39 is 11.6 Å². The molecule has 2 aromatic heterocycles. The van der Waals surface area contributed by atoms with Gasteiger partial charge in [-0.2, -0.15) is 0 Å². The van der Waals surface area contributed by atoms with E-state index in [4.69, 9.17) is 9.84 Å². The molecule has 0 saturated heterocycles. The molecule has 3 aromatic rings. The van der Waals surface area contributed by atoms with Gasteiger partial charge in [-0.1, -0.05) is 11.8 Å². The Labute approximate surface area is 169 Å². The summed E-state index contributed by atoms with van der Waals surface area (Å²) in [7, 11) is 1.58. The van der Waals surface area contributed by atoms with E-state index in [1.54, 1.807) is 14.0 Å². The molecule has 0 aliphatic carbocycles. The summed E-state index contributed by atoms with van der Waals surface area (Å²) in [6.07, 6.45) is 0. The summed E-state index contributed by atoms with van der Waals surface area (Å²) in [5.74, 6) is -0.136. The predicted octanol–water partition coefficient (Wildman–Crippen LogP) is 3.28. The van der Waals surface area contributed by atoms with Crippen molar-refractivity contribution < 1.29 is 24.5 Å². The normalized spacial score (nSPS) is 13.3. The molecule has 0 aliphatic rings. The number of fused-ring (bicyclic) bond motifs is 1. The molecule has 2 heterocycles. The molecule has 0 aliphatic heterocycles. The maximum absolute atomic E-state index is 12.6. The first kappa shape index (κ1) is 20.2. The number of carbonyl (C=O) groups is 2. The summed E-state index contributed by atoms with van der Waals surface area (Å²) < 4.78 is 5.25. The largest absolute Gasteiger partial charge is 0.497 e. The molecule has 0 saturated carbocycles. The Morgan fingerprint density at radius 2 is 2.00 bits per heavy atom. The number of aliphatic hydroxyl groups is 1. The highest BCUT2D eigenvalue weighted by molar-refractivity contribution is 8.00. The highest BCUT2D eigenvalue weighted by Crippen LogP contribution is 2.32. The number of thiophene rings is 1. The van der Waals surface area contributed by atoms with Crippen molar-refractivity contribution >= 4 is 45.8 Å². The van der Waals surface area contributed by atoms with Crippen LogP contribution in [0.5, 0.6) is 5.75 Å². The summed E-state index contributed by atoms with van der Waals surface area (Å²) in [5, 5.41) is 20.6. The zero-order chi connectivity index (χ0) is 20.5. The topological polar surface area (TPSA) is 110 Å². The molecule has 9 heteroatoms. The Morgan fingerprint density at radius 3 is 2.68 bits per heavy atom. The Balaban J connectivity index is 1.82. The monoisotopic (exact) mass is 418 g/mol. The molecular formula is C19H18N2O5S2. The average molecular weight is 418 g/mol. The molecular weight excluding hydrogens is 400 g/mol. The number of ether oxygens (including phenoxy) is 1. The number of carboxylic acids is 1. The lowest BCUT2D eigenvalue weighted by atomic mass is 10.1. The maximum Gasteiger partial charge on any atom is 0.340 e. The summed E-state index contributed by atoms with van der Waals surface area (Å²) in [6.45, 7) is 2.97. The molecule has 28 heavy (non-hydrogen) atoms. The van der Waals surface area contributed by atoms with E-state index in [0.29, 0.717) is 21.5 Å². The Bertz CT molecular complexity index is 1060. The van der Waals surface area contributed by atoms with Gasteiger partial charge in [0.25, 0.3) is 0 Å². The first-order chi connectivity index (χ1) is 13.2. The molecule has 0 amide bonds. The van der Waals surface area contributed by atoms with Gasteiger partial charge in [0.05, 0.1) is 23.3 Å². The fourth-order valence-corrected chi connectivity index (χ4v) is 4.50. The van der Waals surface area contributed by atoms with E-state index >= 15 is 0 Å². The SMILES string of the molecule is COc1ccc2nc(C)nc(SCC(=O)c3ccc([C@@](C)(O)C(=O)O)s3)c2c1. The van der Waals surface area contributed by atoms with E-state index in [1.165, 1.54) is 30.8 Å². The van der Waals surface area contributed by atoms with Gasteiger partial charge in [-0.25, -0.2) is 14.8 Å². The quantitative estimate of drug-likeness (QED) is 0.342. The Morgan fingerprint density at radius 1 is 1.25 bits per heavy atom. The minimum absolute atomic E-state index is 0.123. The minimum Gasteiger partial charge on any atom is -0.497 e. The lowest BCUT2D eigenvalue weighted by molar-refractivity contribution is -0.157. The van der Waals surface area contributed by atoms with Crippen LogP contribution in [0.4, 0.5) is 0 Å². The second-order valence-corrected chi connectivity index (χ2v) is 8.26. The first-order valence-electron chi connectivity index (χ1n) is 8.27. The molecule has 146 valence electrons. The molecule has 0 unspecified atom stereocenters. The van der Waals surface area contributed by atoms with Crippen molar-refractivity contribution in [1.82, 2.24) is 9.97 Å². The van der Waals surface area contributed by atoms with Crippen LogP contribution >= 0.6 is 23.1 Å². The van der Waals surface area contributed by atoms with Crippen LogP contribution in [0.25, 0.3) is 10.9 Å². The lowest BCUT2D eigenvalue weighted by Crippen LogP contribution is -2.30. The van der Waals surface area contributed by atoms with Gasteiger partial charge < -0.3 is 14.9 Å². The van der Waals surface area contributed by atoms with Gasteiger partial charge in [0.15, 0.2) is 11.4 Å². The number of carboxylic acid groups (broad SMARTS) is 1. The highest BCUT2D eigenvalue weighted by atomic mass is 32.2. The van der Waals surface area contributed by atoms with Gasteiger partial charge in [-0.05, 0) is 44.2 Å². The zero-order valence-corrected chi connectivity index (χ0v) is 17.1.